The van der Waals surface area contributed by atoms with E-state index < -0.39 is 11.2 Å². The van der Waals surface area contributed by atoms with E-state index >= 15 is 0 Å². The zero-order chi connectivity index (χ0) is 41.3. The summed E-state index contributed by atoms with van der Waals surface area (Å²) in [4.78, 5) is 23.9. The first-order valence-electron chi connectivity index (χ1n) is 14.2. The minimum Gasteiger partial charge on any atom is -0.443 e. The van der Waals surface area contributed by atoms with Crippen molar-refractivity contribution in [1.82, 2.24) is 9.13 Å². The van der Waals surface area contributed by atoms with Gasteiger partial charge in [-0.25, -0.2) is 9.59 Å². The number of carbonyl (C=O) groups is 2. The van der Waals surface area contributed by atoms with Crippen LogP contribution in [-0.4, -0.2) is 32.5 Å². The number of hydrogen-bond acceptors (Lipinski definition) is 8. The van der Waals surface area contributed by atoms with Gasteiger partial charge in [0.2, 0.25) is 0 Å². The highest BCUT2D eigenvalue weighted by atomic mass is 79.9. The molecule has 6 nitrogen and oxygen atoms in total. The first kappa shape index (κ1) is 54.6. The van der Waals surface area contributed by atoms with Crippen molar-refractivity contribution in [1.29, 1.82) is 0 Å². The topological polar surface area (TPSA) is 62.5 Å². The van der Waals surface area contributed by atoms with Crippen LogP contribution in [0.3, 0.4) is 0 Å². The van der Waals surface area contributed by atoms with Crippen molar-refractivity contribution in [3.63, 3.8) is 0 Å². The fraction of sp³-hybridized carbons (Fsp3) is 0.333. The molecule has 0 aliphatic carbocycles. The molecule has 0 atom stereocenters. The highest BCUT2D eigenvalue weighted by Gasteiger charge is 2.20. The van der Waals surface area contributed by atoms with Crippen molar-refractivity contribution in [3.05, 3.63) is 71.0 Å². The van der Waals surface area contributed by atoms with Crippen LogP contribution in [0.15, 0.2) is 65.4 Å². The van der Waals surface area contributed by atoms with E-state index in [1.54, 1.807) is 132 Å². The Hall–Kier alpha value is 1.56. The second kappa shape index (κ2) is 31.4. The molecule has 0 fully saturated rings. The van der Waals surface area contributed by atoms with E-state index in [-0.39, 0.29) is 12.2 Å². The number of ether oxygens (including phenoxy) is 2. The van der Waals surface area contributed by atoms with Gasteiger partial charge in [0.15, 0.2) is 0 Å². The van der Waals surface area contributed by atoms with Crippen molar-refractivity contribution >= 4 is 246 Å². The second-order valence-electron chi connectivity index (χ2n) is 11.3. The third kappa shape index (κ3) is 25.8. The number of benzene rings is 2. The smallest absolute Gasteiger partial charge is 0.418 e. The second-order valence-corrected chi connectivity index (χ2v) is 42.2. The lowest BCUT2D eigenvalue weighted by molar-refractivity contribution is 0.0533. The van der Waals surface area contributed by atoms with E-state index in [0.717, 1.165) is 26.3 Å². The minimum absolute atomic E-state index is 0.337. The van der Waals surface area contributed by atoms with Crippen LogP contribution < -0.4 is 0 Å². The van der Waals surface area contributed by atoms with Crippen molar-refractivity contribution in [2.24, 2.45) is 0 Å². The molecular weight excluding hydrogens is 1170 g/mol. The van der Waals surface area contributed by atoms with Gasteiger partial charge in [0.1, 0.15) is 11.2 Å². The number of fused-ring (bicyclic) bond motifs is 2. The van der Waals surface area contributed by atoms with Gasteiger partial charge >= 0.3 is 12.2 Å². The molecule has 0 saturated carbocycles. The van der Waals surface area contributed by atoms with Crippen LogP contribution in [-0.2, 0) is 205 Å². The van der Waals surface area contributed by atoms with Gasteiger partial charge in [-0.3, -0.25) is 9.13 Å². The van der Waals surface area contributed by atoms with Crippen LogP contribution in [0.1, 0.15) is 47.1 Å². The van der Waals surface area contributed by atoms with Crippen LogP contribution in [0.25, 0.3) is 21.8 Å². The molecule has 55 heavy (non-hydrogen) atoms. The van der Waals surface area contributed by atoms with Crippen molar-refractivity contribution in [2.75, 3.05) is 0 Å². The molecule has 0 bridgehead atoms. The van der Waals surface area contributed by atoms with Crippen LogP contribution >= 0.6 is 15.9 Å². The molecule has 0 aliphatic rings. The van der Waals surface area contributed by atoms with Gasteiger partial charge in [-0.2, -0.15) is 0 Å². The maximum Gasteiger partial charge on any atom is 0.418 e. The third-order valence-electron chi connectivity index (χ3n) is 5.10. The van der Waals surface area contributed by atoms with Crippen molar-refractivity contribution in [2.45, 2.75) is 59.7 Å². The van der Waals surface area contributed by atoms with Crippen molar-refractivity contribution < 1.29 is 19.1 Å². The molecule has 28 heteroatoms. The number of carbonyl (C=O) groups excluding carboxylic acids is 2. The third-order valence-corrected chi connectivity index (χ3v) is 38.9. The Morgan fingerprint density at radius 1 is 0.527 bits per heavy atom. The van der Waals surface area contributed by atoms with E-state index in [2.05, 4.69) is 66.7 Å². The van der Waals surface area contributed by atoms with E-state index in [0.29, 0.717) is 0 Å². The maximum atomic E-state index is 12.0. The summed E-state index contributed by atoms with van der Waals surface area (Å²) >= 11 is 22.1. The molecular formula is C27H31BrN2O4S21. The number of rotatable bonds is 0. The highest BCUT2D eigenvalue weighted by molar-refractivity contribution is 9.10. The number of halogens is 1. The summed E-state index contributed by atoms with van der Waals surface area (Å²) in [7, 11) is 27.2. The first-order chi connectivity index (χ1) is 26.1. The van der Waals surface area contributed by atoms with Gasteiger partial charge < -0.3 is 9.47 Å². The normalized spacial score (nSPS) is 9.89. The van der Waals surface area contributed by atoms with Gasteiger partial charge in [-0.05, 0) is 90.9 Å². The molecule has 0 saturated heterocycles. The lowest BCUT2D eigenvalue weighted by Crippen LogP contribution is -2.26. The summed E-state index contributed by atoms with van der Waals surface area (Å²) in [6.45, 7) is 13.2. The standard InChI is InChI=1S/C14H17NO2.C13H14BrNO2.S11.S10/c1-10-5-6-12-11(9-10)7-8-15(12)13(16)17-14(2,3)4;1-13(2,3)17-12(16)15-7-6-9-8-10(14)4-5-11(9)15;1-3-5-7-9-11-10-8-6-4-2;1-3-5-7-9-10-8-6-4-2/h5-9H,1-4H3;4-8H,1-3H3;;. The van der Waals surface area contributed by atoms with Gasteiger partial charge in [-0.1, -0.05) is 27.6 Å². The largest absolute Gasteiger partial charge is 0.443 e. The average Bonchev–Trinajstić information content (AvgIpc) is 3.73. The Kier molecular flexibility index (Phi) is 31.2. The molecule has 4 aromatic rings. The molecule has 0 radical (unpaired) electrons. The molecule has 0 aliphatic heterocycles. The summed E-state index contributed by atoms with van der Waals surface area (Å²) in [5.41, 5.74) is 1.95. The molecule has 0 N–H and O–H groups in total. The fourth-order valence-electron chi connectivity index (χ4n) is 3.46. The van der Waals surface area contributed by atoms with Crippen molar-refractivity contribution in [3.8, 4) is 0 Å². The predicted molar refractivity (Wildman–Crippen MR) is 294 cm³/mol. The van der Waals surface area contributed by atoms with Gasteiger partial charge in [0.05, 0.1) is 11.0 Å². The van der Waals surface area contributed by atoms with E-state index in [1.807, 2.05) is 90.9 Å². The monoisotopic (exact) mass is 1200 g/mol. The summed E-state index contributed by atoms with van der Waals surface area (Å²) in [5, 5.41) is 2.06. The minimum atomic E-state index is -0.483. The highest BCUT2D eigenvalue weighted by Crippen LogP contribution is 2.22. The van der Waals surface area contributed by atoms with E-state index in [1.165, 1.54) is 45.7 Å². The molecule has 0 unspecified atom stereocenters. The Labute approximate surface area is 397 Å². The van der Waals surface area contributed by atoms with Crippen LogP contribution in [0.5, 0.6) is 0 Å². The zero-order valence-electron chi connectivity index (χ0n) is 29.3. The number of nitrogens with zero attached hydrogens (tertiary/aromatic N) is 2. The van der Waals surface area contributed by atoms with E-state index in [4.69, 9.17) is 9.47 Å². The summed E-state index contributed by atoms with van der Waals surface area (Å²) in [5.74, 6) is 0. The van der Waals surface area contributed by atoms with Crippen LogP contribution in [0.4, 0.5) is 9.59 Å². The molecule has 0 spiro atoms. The molecule has 0 amide bonds. The van der Waals surface area contributed by atoms with Gasteiger partial charge in [0, 0.05) is 223 Å². The van der Waals surface area contributed by atoms with Crippen LogP contribution in [0.2, 0.25) is 0 Å². The zero-order valence-corrected chi connectivity index (χ0v) is 48.0. The Balaban J connectivity index is 0.000000378. The molecule has 2 aromatic carbocycles. The molecule has 4 rings (SSSR count). The lowest BCUT2D eigenvalue weighted by atomic mass is 10.2. The molecule has 2 heterocycles. The van der Waals surface area contributed by atoms with Gasteiger partial charge in [0.25, 0.3) is 0 Å². The quantitative estimate of drug-likeness (QED) is 0.177. The van der Waals surface area contributed by atoms with Gasteiger partial charge in [-0.15, -0.1) is 0 Å². The first-order valence-corrected chi connectivity index (χ1v) is 40.3. The average molecular weight is 1200 g/mol. The SMILES string of the molecule is CC(C)(C)OC(=O)n1ccc2cc(Br)ccc21.Cc1ccc2c(ccn2C(=O)OC(C)(C)C)c1.S=S=S=S=S=S=S=S=S=S.S=S=S=S=S=S=S=S=S=S=S. The Morgan fingerprint density at radius 3 is 1.20 bits per heavy atom. The van der Waals surface area contributed by atoms with E-state index in [9.17, 15) is 9.59 Å². The molecule has 2 aromatic heterocycles. The Morgan fingerprint density at radius 2 is 0.855 bits per heavy atom. The summed E-state index contributed by atoms with van der Waals surface area (Å²) in [6, 6.07) is 15.6. The Bertz CT molecular complexity index is 2570. The maximum absolute atomic E-state index is 12.0. The predicted octanol–water partition coefficient (Wildman–Crippen LogP) is 7.87. The summed E-state index contributed by atoms with van der Waals surface area (Å²) in [6.07, 6.45) is 2.79. The lowest BCUT2D eigenvalue weighted by Gasteiger charge is -2.19. The fourth-order valence-corrected chi connectivity index (χ4v) is 39.5. The summed E-state index contributed by atoms with van der Waals surface area (Å²) < 4.78 is 14.7. The van der Waals surface area contributed by atoms with Crippen LogP contribution in [0, 0.1) is 6.92 Å². The number of aryl methyl sites for hydroxylation is 1. The number of aromatic nitrogens is 2. The number of hydrogen-bond donors (Lipinski definition) is 0. The molecule has 306 valence electrons.